The molecule has 0 atom stereocenters. The Hall–Kier alpha value is -1.66. The van der Waals surface area contributed by atoms with Crippen molar-refractivity contribution in [2.75, 3.05) is 7.11 Å². The van der Waals surface area contributed by atoms with Gasteiger partial charge in [-0.2, -0.15) is 26.3 Å². The van der Waals surface area contributed by atoms with E-state index in [-0.39, 0.29) is 11.5 Å². The van der Waals surface area contributed by atoms with Gasteiger partial charge in [0.15, 0.2) is 0 Å². The van der Waals surface area contributed by atoms with E-state index in [0.717, 1.165) is 19.1 Å². The van der Waals surface area contributed by atoms with E-state index in [1.54, 1.807) is 0 Å². The van der Waals surface area contributed by atoms with Gasteiger partial charge in [0.05, 0.1) is 12.7 Å². The molecule has 0 aliphatic heterocycles. The molecule has 2 aliphatic rings. The summed E-state index contributed by atoms with van der Waals surface area (Å²) in [6.45, 7) is 2.22. The first-order valence-corrected chi connectivity index (χ1v) is 12.1. The zero-order chi connectivity index (χ0) is 24.2. The van der Waals surface area contributed by atoms with Crippen LogP contribution in [0, 0.1) is 17.8 Å². The molecule has 186 valence electrons. The number of hydrogen-bond acceptors (Lipinski definition) is 1. The maximum absolute atomic E-state index is 13.8. The van der Waals surface area contributed by atoms with Gasteiger partial charge in [0.2, 0.25) is 0 Å². The van der Waals surface area contributed by atoms with E-state index >= 15 is 0 Å². The lowest BCUT2D eigenvalue weighted by atomic mass is 9.75. The van der Waals surface area contributed by atoms with Crippen LogP contribution in [0.25, 0.3) is 0 Å². The van der Waals surface area contributed by atoms with Crippen molar-refractivity contribution in [1.29, 1.82) is 0 Å². The van der Waals surface area contributed by atoms with Crippen LogP contribution >= 0.6 is 0 Å². The van der Waals surface area contributed by atoms with Gasteiger partial charge in [-0.1, -0.05) is 38.0 Å². The lowest BCUT2D eigenvalue weighted by Crippen LogP contribution is -2.23. The number of ether oxygens (including phenoxy) is 1. The van der Waals surface area contributed by atoms with Crippen LogP contribution in [0.4, 0.5) is 26.3 Å². The Morgan fingerprint density at radius 1 is 0.788 bits per heavy atom. The summed E-state index contributed by atoms with van der Waals surface area (Å²) in [4.78, 5) is 0. The van der Waals surface area contributed by atoms with Crippen molar-refractivity contribution in [3.8, 4) is 5.75 Å². The molecular formula is C26H34F6O. The summed E-state index contributed by atoms with van der Waals surface area (Å²) >= 11 is 0. The van der Waals surface area contributed by atoms with E-state index in [1.165, 1.54) is 44.6 Å². The van der Waals surface area contributed by atoms with Crippen molar-refractivity contribution in [1.82, 2.24) is 0 Å². The van der Waals surface area contributed by atoms with Gasteiger partial charge in [-0.15, -0.1) is 0 Å². The van der Waals surface area contributed by atoms with Crippen LogP contribution in [-0.4, -0.2) is 7.11 Å². The highest BCUT2D eigenvalue weighted by molar-refractivity contribution is 5.50. The highest BCUT2D eigenvalue weighted by Gasteiger charge is 2.48. The molecule has 2 fully saturated rings. The Labute approximate surface area is 192 Å². The second-order valence-corrected chi connectivity index (χ2v) is 9.67. The Morgan fingerprint density at radius 2 is 1.30 bits per heavy atom. The Balaban J connectivity index is 1.69. The van der Waals surface area contributed by atoms with Crippen LogP contribution < -0.4 is 4.74 Å². The molecule has 0 aromatic heterocycles. The molecule has 0 bridgehead atoms. The molecule has 0 unspecified atom stereocenters. The second kappa shape index (κ2) is 10.7. The van der Waals surface area contributed by atoms with Crippen LogP contribution in [0.1, 0.15) is 93.7 Å². The molecule has 2 aliphatic carbocycles. The third-order valence-electron chi connectivity index (χ3n) is 7.44. The molecule has 1 aromatic rings. The molecule has 0 heterocycles. The van der Waals surface area contributed by atoms with Crippen LogP contribution in [-0.2, 0) is 12.4 Å². The molecule has 33 heavy (non-hydrogen) atoms. The van der Waals surface area contributed by atoms with Crippen molar-refractivity contribution in [3.05, 3.63) is 41.0 Å². The SMILES string of the molecule is CCCC1CCC(C=CC2CCC(c3ccc(OC)c(C(F)(F)F)c3C(F)(F)F)CC2)CC1. The molecular weight excluding hydrogens is 442 g/mol. The van der Waals surface area contributed by atoms with Crippen molar-refractivity contribution in [3.63, 3.8) is 0 Å². The van der Waals surface area contributed by atoms with Gasteiger partial charge in [-0.25, -0.2) is 0 Å². The first kappa shape index (κ1) is 26.0. The van der Waals surface area contributed by atoms with E-state index in [9.17, 15) is 26.3 Å². The zero-order valence-corrected chi connectivity index (χ0v) is 19.4. The third kappa shape index (κ3) is 6.48. The van der Waals surface area contributed by atoms with Gasteiger partial charge < -0.3 is 4.74 Å². The number of hydrogen-bond donors (Lipinski definition) is 0. The summed E-state index contributed by atoms with van der Waals surface area (Å²) < 4.78 is 86.9. The molecule has 3 rings (SSSR count). The highest BCUT2D eigenvalue weighted by Crippen LogP contribution is 2.50. The van der Waals surface area contributed by atoms with E-state index in [1.807, 2.05) is 0 Å². The number of methoxy groups -OCH3 is 1. The maximum Gasteiger partial charge on any atom is 0.420 e. The van der Waals surface area contributed by atoms with Crippen molar-refractivity contribution >= 4 is 0 Å². The molecule has 1 nitrogen and oxygen atoms in total. The Kier molecular flexibility index (Phi) is 8.44. The minimum Gasteiger partial charge on any atom is -0.496 e. The maximum atomic E-state index is 13.8. The molecule has 0 saturated heterocycles. The number of allylic oxidation sites excluding steroid dienone is 2. The van der Waals surface area contributed by atoms with E-state index in [4.69, 9.17) is 0 Å². The predicted octanol–water partition coefficient (Wildman–Crippen LogP) is 9.17. The minimum absolute atomic E-state index is 0.257. The summed E-state index contributed by atoms with van der Waals surface area (Å²) in [7, 11) is 0.957. The van der Waals surface area contributed by atoms with E-state index in [0.29, 0.717) is 31.6 Å². The normalized spacial score (nSPS) is 27.2. The van der Waals surface area contributed by atoms with Gasteiger partial charge in [0, 0.05) is 0 Å². The fourth-order valence-corrected chi connectivity index (χ4v) is 5.71. The average Bonchev–Trinajstić information content (AvgIpc) is 2.77. The van der Waals surface area contributed by atoms with E-state index in [2.05, 4.69) is 23.8 Å². The smallest absolute Gasteiger partial charge is 0.420 e. The average molecular weight is 477 g/mol. The van der Waals surface area contributed by atoms with Crippen LogP contribution in [0.15, 0.2) is 24.3 Å². The van der Waals surface area contributed by atoms with Gasteiger partial charge in [0.1, 0.15) is 11.3 Å². The second-order valence-electron chi connectivity index (χ2n) is 9.67. The van der Waals surface area contributed by atoms with Crippen LogP contribution in [0.2, 0.25) is 0 Å². The van der Waals surface area contributed by atoms with Crippen molar-refractivity contribution in [2.45, 2.75) is 89.4 Å². The zero-order valence-electron chi connectivity index (χ0n) is 19.4. The fourth-order valence-electron chi connectivity index (χ4n) is 5.71. The molecule has 1 aromatic carbocycles. The number of benzene rings is 1. The summed E-state index contributed by atoms with van der Waals surface area (Å²) in [5, 5.41) is 0. The van der Waals surface area contributed by atoms with Gasteiger partial charge >= 0.3 is 12.4 Å². The lowest BCUT2D eigenvalue weighted by Gasteiger charge is -2.31. The number of alkyl halides is 6. The minimum atomic E-state index is -5.15. The van der Waals surface area contributed by atoms with Crippen LogP contribution in [0.5, 0.6) is 5.75 Å². The molecule has 0 spiro atoms. The largest absolute Gasteiger partial charge is 0.496 e. The van der Waals surface area contributed by atoms with E-state index < -0.39 is 35.1 Å². The standard InChI is InChI=1S/C26H34F6O/c1-3-4-17-5-7-18(8-6-17)9-10-19-11-13-20(14-12-19)21-15-16-22(33-2)24(26(30,31)32)23(21)25(27,28)29/h9-10,15-20H,3-8,11-14H2,1-2H3. The predicted molar refractivity (Wildman–Crippen MR) is 117 cm³/mol. The number of rotatable bonds is 6. The Bertz CT molecular complexity index is 794. The number of halogens is 6. The summed E-state index contributed by atoms with van der Waals surface area (Å²) in [5.74, 6) is 0.364. The fraction of sp³-hybridized carbons (Fsp3) is 0.692. The van der Waals surface area contributed by atoms with Gasteiger partial charge in [-0.05, 0) is 86.7 Å². The van der Waals surface area contributed by atoms with Gasteiger partial charge in [-0.3, -0.25) is 0 Å². The summed E-state index contributed by atoms with van der Waals surface area (Å²) in [6, 6.07) is 2.20. The summed E-state index contributed by atoms with van der Waals surface area (Å²) in [5.41, 5.74) is -3.56. The van der Waals surface area contributed by atoms with Gasteiger partial charge in [0.25, 0.3) is 0 Å². The quantitative estimate of drug-likeness (QED) is 0.294. The lowest BCUT2D eigenvalue weighted by molar-refractivity contribution is -0.163. The monoisotopic (exact) mass is 476 g/mol. The Morgan fingerprint density at radius 3 is 1.76 bits per heavy atom. The van der Waals surface area contributed by atoms with Crippen molar-refractivity contribution in [2.24, 2.45) is 17.8 Å². The van der Waals surface area contributed by atoms with Crippen molar-refractivity contribution < 1.29 is 31.1 Å². The molecule has 2 saturated carbocycles. The molecule has 7 heteroatoms. The molecule has 0 radical (unpaired) electrons. The first-order valence-electron chi connectivity index (χ1n) is 12.1. The molecule has 0 N–H and O–H groups in total. The summed E-state index contributed by atoms with van der Waals surface area (Å²) in [6.07, 6.45) is 3.93. The first-order chi connectivity index (χ1) is 15.5. The topological polar surface area (TPSA) is 9.23 Å². The highest BCUT2D eigenvalue weighted by atomic mass is 19.4. The molecule has 0 amide bonds. The van der Waals surface area contributed by atoms with Crippen LogP contribution in [0.3, 0.4) is 0 Å². The third-order valence-corrected chi connectivity index (χ3v) is 7.44.